The Balaban J connectivity index is 2.46. The molecule has 0 aromatic heterocycles. The lowest BCUT2D eigenvalue weighted by Crippen LogP contribution is -2.41. The summed E-state index contributed by atoms with van der Waals surface area (Å²) in [6.07, 6.45) is 3.21. The zero-order chi connectivity index (χ0) is 7.61. The van der Waals surface area contributed by atoms with Gasteiger partial charge in [-0.05, 0) is 19.3 Å². The number of hydrogen-bond donors (Lipinski definition) is 3. The monoisotopic (exact) mass is 145 g/mol. The highest BCUT2D eigenvalue weighted by atomic mass is 16.3. The highest BCUT2D eigenvalue weighted by Crippen LogP contribution is 2.22. The van der Waals surface area contributed by atoms with E-state index in [-0.39, 0.29) is 0 Å². The third kappa shape index (κ3) is 2.25. The smallest absolute Gasteiger partial charge is 0.116 e. The van der Waals surface area contributed by atoms with Gasteiger partial charge in [0.15, 0.2) is 0 Å². The summed E-state index contributed by atoms with van der Waals surface area (Å²) in [5.74, 6) is 0. The Bertz CT molecular complexity index is 114. The zero-order valence-corrected chi connectivity index (χ0v) is 6.08. The van der Waals surface area contributed by atoms with Crippen molar-refractivity contribution in [3.05, 3.63) is 0 Å². The highest BCUT2D eigenvalue weighted by molar-refractivity contribution is 4.78. The molecule has 3 nitrogen and oxygen atoms in total. The molecule has 2 atom stereocenters. The Labute approximate surface area is 60.9 Å². The maximum atomic E-state index is 9.34. The molecule has 1 saturated carbocycles. The van der Waals surface area contributed by atoms with Crippen molar-refractivity contribution in [2.75, 3.05) is 0 Å². The highest BCUT2D eigenvalue weighted by Gasteiger charge is 2.26. The molecule has 0 bridgehead atoms. The maximum absolute atomic E-state index is 9.34. The first-order chi connectivity index (χ1) is 4.60. The van der Waals surface area contributed by atoms with Gasteiger partial charge in [-0.3, -0.25) is 0 Å². The van der Waals surface area contributed by atoms with Gasteiger partial charge in [0.05, 0.1) is 6.10 Å². The fourth-order valence-electron chi connectivity index (χ4n) is 1.42. The summed E-state index contributed by atoms with van der Waals surface area (Å²) in [5, 5.41) is 18.5. The van der Waals surface area contributed by atoms with Crippen LogP contribution in [0.15, 0.2) is 0 Å². The fraction of sp³-hybridized carbons (Fsp3) is 1.00. The van der Waals surface area contributed by atoms with Gasteiger partial charge in [0, 0.05) is 6.42 Å². The minimum atomic E-state index is -1.12. The molecular formula is C7H15NO2. The molecule has 0 aromatic carbocycles. The quantitative estimate of drug-likeness (QED) is 0.331. The first kappa shape index (κ1) is 7.98. The molecule has 0 aliphatic heterocycles. The Morgan fingerprint density at radius 2 is 2.10 bits per heavy atom. The molecule has 10 heavy (non-hydrogen) atoms. The van der Waals surface area contributed by atoms with Gasteiger partial charge in [0.25, 0.3) is 0 Å². The number of aliphatic hydroxyl groups excluding tert-OH is 1. The van der Waals surface area contributed by atoms with E-state index in [4.69, 9.17) is 5.73 Å². The SMILES string of the molecule is NC1(O)CCCCC(O)C1. The van der Waals surface area contributed by atoms with Crippen LogP contribution < -0.4 is 5.73 Å². The van der Waals surface area contributed by atoms with Crippen molar-refractivity contribution in [3.63, 3.8) is 0 Å². The van der Waals surface area contributed by atoms with E-state index in [1.165, 1.54) is 0 Å². The minimum absolute atomic E-state index is 0.326. The number of rotatable bonds is 0. The third-order valence-electron chi connectivity index (χ3n) is 1.99. The van der Waals surface area contributed by atoms with Gasteiger partial charge in [0.2, 0.25) is 0 Å². The molecule has 1 rings (SSSR count). The van der Waals surface area contributed by atoms with Crippen LogP contribution in [0.4, 0.5) is 0 Å². The second kappa shape index (κ2) is 2.86. The number of aliphatic hydroxyl groups is 2. The predicted octanol–water partition coefficient (Wildman–Crippen LogP) is -0.0413. The lowest BCUT2D eigenvalue weighted by molar-refractivity contribution is -0.00390. The van der Waals surface area contributed by atoms with E-state index in [1.54, 1.807) is 0 Å². The van der Waals surface area contributed by atoms with Crippen molar-refractivity contribution in [3.8, 4) is 0 Å². The van der Waals surface area contributed by atoms with Crippen molar-refractivity contribution >= 4 is 0 Å². The average Bonchev–Trinajstić information content (AvgIpc) is 1.90. The summed E-state index contributed by atoms with van der Waals surface area (Å²) in [6.45, 7) is 0. The molecule has 0 amide bonds. The molecule has 4 N–H and O–H groups in total. The molecule has 0 aromatic rings. The van der Waals surface area contributed by atoms with E-state index in [2.05, 4.69) is 0 Å². The van der Waals surface area contributed by atoms with Crippen LogP contribution in [0, 0.1) is 0 Å². The second-order valence-corrected chi connectivity index (χ2v) is 3.21. The summed E-state index contributed by atoms with van der Waals surface area (Å²) in [6, 6.07) is 0. The Morgan fingerprint density at radius 1 is 1.40 bits per heavy atom. The molecule has 0 heterocycles. The third-order valence-corrected chi connectivity index (χ3v) is 1.99. The van der Waals surface area contributed by atoms with Crippen LogP contribution >= 0.6 is 0 Å². The van der Waals surface area contributed by atoms with Gasteiger partial charge in [-0.25, -0.2) is 0 Å². The van der Waals surface area contributed by atoms with Gasteiger partial charge in [0.1, 0.15) is 5.72 Å². The number of hydrogen-bond acceptors (Lipinski definition) is 3. The van der Waals surface area contributed by atoms with Gasteiger partial charge in [-0.2, -0.15) is 0 Å². The van der Waals surface area contributed by atoms with E-state index < -0.39 is 11.8 Å². The Hall–Kier alpha value is -0.120. The molecule has 0 saturated heterocycles. The Kier molecular flexibility index (Phi) is 2.28. The Morgan fingerprint density at radius 3 is 2.80 bits per heavy atom. The molecule has 2 unspecified atom stereocenters. The largest absolute Gasteiger partial charge is 0.393 e. The summed E-state index contributed by atoms with van der Waals surface area (Å²) >= 11 is 0. The normalized spacial score (nSPS) is 42.9. The van der Waals surface area contributed by atoms with Crippen LogP contribution in [-0.2, 0) is 0 Å². The summed E-state index contributed by atoms with van der Waals surface area (Å²) in [7, 11) is 0. The van der Waals surface area contributed by atoms with Crippen LogP contribution in [-0.4, -0.2) is 22.0 Å². The van der Waals surface area contributed by atoms with E-state index in [0.29, 0.717) is 12.8 Å². The summed E-state index contributed by atoms with van der Waals surface area (Å²) < 4.78 is 0. The predicted molar refractivity (Wildman–Crippen MR) is 38.2 cm³/mol. The zero-order valence-electron chi connectivity index (χ0n) is 6.08. The standard InChI is InChI=1S/C7H15NO2/c8-7(10)4-2-1-3-6(9)5-7/h6,9-10H,1-5,8H2. The topological polar surface area (TPSA) is 66.5 Å². The first-order valence-electron chi connectivity index (χ1n) is 3.79. The van der Waals surface area contributed by atoms with Gasteiger partial charge in [-0.1, -0.05) is 6.42 Å². The van der Waals surface area contributed by atoms with E-state index >= 15 is 0 Å². The molecule has 1 fully saturated rings. The van der Waals surface area contributed by atoms with Crippen molar-refractivity contribution in [1.82, 2.24) is 0 Å². The van der Waals surface area contributed by atoms with Crippen LogP contribution in [0.5, 0.6) is 0 Å². The molecule has 1 aliphatic rings. The van der Waals surface area contributed by atoms with Crippen molar-refractivity contribution < 1.29 is 10.2 Å². The molecule has 1 aliphatic carbocycles. The summed E-state index contributed by atoms with van der Waals surface area (Å²) in [4.78, 5) is 0. The summed E-state index contributed by atoms with van der Waals surface area (Å²) in [5.41, 5.74) is 4.35. The van der Waals surface area contributed by atoms with Crippen molar-refractivity contribution in [2.24, 2.45) is 5.73 Å². The molecule has 0 spiro atoms. The minimum Gasteiger partial charge on any atom is -0.393 e. The number of nitrogens with two attached hydrogens (primary N) is 1. The van der Waals surface area contributed by atoms with Crippen molar-refractivity contribution in [1.29, 1.82) is 0 Å². The fourth-order valence-corrected chi connectivity index (χ4v) is 1.42. The van der Waals surface area contributed by atoms with E-state index in [0.717, 1.165) is 19.3 Å². The van der Waals surface area contributed by atoms with E-state index in [1.807, 2.05) is 0 Å². The lowest BCUT2D eigenvalue weighted by Gasteiger charge is -2.21. The second-order valence-electron chi connectivity index (χ2n) is 3.21. The van der Waals surface area contributed by atoms with Crippen LogP contribution in [0.1, 0.15) is 32.1 Å². The van der Waals surface area contributed by atoms with Crippen LogP contribution in [0.2, 0.25) is 0 Å². The molecule has 0 radical (unpaired) electrons. The van der Waals surface area contributed by atoms with Gasteiger partial charge < -0.3 is 15.9 Å². The molecular weight excluding hydrogens is 130 g/mol. The molecule has 60 valence electrons. The first-order valence-corrected chi connectivity index (χ1v) is 3.79. The van der Waals surface area contributed by atoms with Crippen LogP contribution in [0.3, 0.4) is 0 Å². The van der Waals surface area contributed by atoms with E-state index in [9.17, 15) is 10.2 Å². The average molecular weight is 145 g/mol. The van der Waals surface area contributed by atoms with Gasteiger partial charge >= 0.3 is 0 Å². The van der Waals surface area contributed by atoms with Gasteiger partial charge in [-0.15, -0.1) is 0 Å². The molecule has 3 heteroatoms. The maximum Gasteiger partial charge on any atom is 0.116 e. The van der Waals surface area contributed by atoms with Crippen LogP contribution in [0.25, 0.3) is 0 Å². The lowest BCUT2D eigenvalue weighted by atomic mass is 10.1. The van der Waals surface area contributed by atoms with Crippen molar-refractivity contribution in [2.45, 2.75) is 43.9 Å².